The number of urea groups is 1. The summed E-state index contributed by atoms with van der Waals surface area (Å²) in [5.41, 5.74) is 3.99. The first-order valence-corrected chi connectivity index (χ1v) is 16.8. The van der Waals surface area contributed by atoms with Crippen molar-refractivity contribution in [2.75, 3.05) is 44.6 Å². The van der Waals surface area contributed by atoms with E-state index in [1.165, 1.54) is 19.3 Å². The van der Waals surface area contributed by atoms with E-state index in [2.05, 4.69) is 26.2 Å². The Balaban J connectivity index is 1.24. The Hall–Kier alpha value is -3.50. The number of hydrogen-bond acceptors (Lipinski definition) is 7. The van der Waals surface area contributed by atoms with Crippen LogP contribution in [0.1, 0.15) is 73.8 Å². The highest BCUT2D eigenvalue weighted by molar-refractivity contribution is 5.91. The molecule has 0 saturated carbocycles. The Morgan fingerprint density at radius 2 is 1.76 bits per heavy atom. The van der Waals surface area contributed by atoms with E-state index in [-0.39, 0.29) is 25.1 Å². The predicted octanol–water partition coefficient (Wildman–Crippen LogP) is 5.13. The average molecular weight is 617 g/mol. The fraction of sp³-hybridized carbons (Fsp3) is 0.600. The van der Waals surface area contributed by atoms with E-state index in [4.69, 9.17) is 4.74 Å². The van der Waals surface area contributed by atoms with Crippen LogP contribution in [0.3, 0.4) is 0 Å². The van der Waals surface area contributed by atoms with Gasteiger partial charge in [0, 0.05) is 63.0 Å². The first-order chi connectivity index (χ1) is 21.9. The molecule has 0 aliphatic carbocycles. The quantitative estimate of drug-likeness (QED) is 0.431. The summed E-state index contributed by atoms with van der Waals surface area (Å²) >= 11 is 0. The zero-order valence-corrected chi connectivity index (χ0v) is 26.9. The molecule has 5 heterocycles. The van der Waals surface area contributed by atoms with Gasteiger partial charge in [-0.05, 0) is 94.3 Å². The number of rotatable bonds is 7. The molecule has 3 fully saturated rings. The van der Waals surface area contributed by atoms with Gasteiger partial charge in [0.15, 0.2) is 0 Å². The lowest BCUT2D eigenvalue weighted by Gasteiger charge is -2.57. The number of aromatic nitrogens is 1. The Bertz CT molecular complexity index is 1370. The van der Waals surface area contributed by atoms with E-state index < -0.39 is 11.8 Å². The standard InChI is InChI=1S/C35H48N6O4/c1-26-22-29(36-24-27(26)2)25-45-34(44)41-20-13-31(40-19-10-28-8-4-5-9-32(28)37-33(40)43)23-35(41,14-21-42)39-17-11-30(12-18-39)38-15-6-3-7-16-38/h4-5,8-9,21-22,24,30-31H,3,6-7,10-20,23,25H2,1-2H3,(H,37,43)/t31-,35+/m1/s1. The Morgan fingerprint density at radius 1 is 1.00 bits per heavy atom. The third kappa shape index (κ3) is 6.72. The second kappa shape index (κ2) is 13.9. The Morgan fingerprint density at radius 3 is 2.51 bits per heavy atom. The lowest BCUT2D eigenvalue weighted by atomic mass is 9.84. The minimum Gasteiger partial charge on any atom is -0.443 e. The summed E-state index contributed by atoms with van der Waals surface area (Å²) in [5, 5.41) is 3.12. The summed E-state index contributed by atoms with van der Waals surface area (Å²) < 4.78 is 5.92. The Labute approximate surface area is 267 Å². The van der Waals surface area contributed by atoms with E-state index in [1.54, 1.807) is 11.1 Å². The molecular weight excluding hydrogens is 568 g/mol. The van der Waals surface area contributed by atoms with Gasteiger partial charge < -0.3 is 24.6 Å². The lowest BCUT2D eigenvalue weighted by molar-refractivity contribution is -0.128. The molecule has 3 saturated heterocycles. The van der Waals surface area contributed by atoms with Gasteiger partial charge in [0.2, 0.25) is 0 Å². The van der Waals surface area contributed by atoms with Crippen LogP contribution in [0, 0.1) is 13.8 Å². The summed E-state index contributed by atoms with van der Waals surface area (Å²) in [7, 11) is 0. The van der Waals surface area contributed by atoms with Gasteiger partial charge in [0.05, 0.1) is 5.69 Å². The van der Waals surface area contributed by atoms with E-state index in [0.29, 0.717) is 37.7 Å². The number of fused-ring (bicyclic) bond motifs is 1. The molecule has 10 nitrogen and oxygen atoms in total. The minimum absolute atomic E-state index is 0.0703. The van der Waals surface area contributed by atoms with Crippen molar-refractivity contribution in [1.29, 1.82) is 0 Å². The third-order valence-electron chi connectivity index (χ3n) is 10.7. The molecule has 4 aliphatic rings. The number of aryl methyl sites for hydroxylation is 2. The molecule has 6 rings (SSSR count). The molecule has 3 amide bonds. The SMILES string of the molecule is Cc1cnc(COC(=O)N2CC[C@@H](N3CCc4ccccc4NC3=O)C[C@@]2(CC=O)N2CCC(N3CCCCC3)CC2)cc1C. The second-order valence-electron chi connectivity index (χ2n) is 13.3. The molecule has 1 N–H and O–H groups in total. The second-order valence-corrected chi connectivity index (χ2v) is 13.3. The number of ether oxygens (including phenoxy) is 1. The lowest BCUT2D eigenvalue weighted by Crippen LogP contribution is -2.70. The van der Waals surface area contributed by atoms with Crippen LogP contribution in [-0.4, -0.2) is 100 Å². The minimum atomic E-state index is -0.870. The number of carbonyl (C=O) groups is 3. The first-order valence-electron chi connectivity index (χ1n) is 16.8. The zero-order valence-electron chi connectivity index (χ0n) is 26.9. The maximum atomic E-state index is 14.0. The highest BCUT2D eigenvalue weighted by Gasteiger charge is 2.52. The van der Waals surface area contributed by atoms with Crippen LogP contribution in [0.2, 0.25) is 0 Å². The molecule has 0 unspecified atom stereocenters. The van der Waals surface area contributed by atoms with Crippen LogP contribution in [-0.2, 0) is 22.6 Å². The number of piperidine rings is 3. The zero-order chi connectivity index (χ0) is 31.4. The van der Waals surface area contributed by atoms with Crippen LogP contribution >= 0.6 is 0 Å². The molecule has 2 atom stereocenters. The number of likely N-dealkylation sites (tertiary alicyclic amines) is 3. The summed E-state index contributed by atoms with van der Waals surface area (Å²) in [6, 6.07) is 10.2. The van der Waals surface area contributed by atoms with Crippen molar-refractivity contribution in [3.05, 3.63) is 58.9 Å². The topological polar surface area (TPSA) is 98.3 Å². The van der Waals surface area contributed by atoms with Gasteiger partial charge in [-0.15, -0.1) is 0 Å². The number of nitrogens with one attached hydrogen (secondary N) is 1. The van der Waals surface area contributed by atoms with Gasteiger partial charge in [0.25, 0.3) is 0 Å². The van der Waals surface area contributed by atoms with Gasteiger partial charge in [0.1, 0.15) is 18.6 Å². The number of nitrogens with zero attached hydrogens (tertiary/aromatic N) is 5. The maximum absolute atomic E-state index is 14.0. The van der Waals surface area contributed by atoms with Crippen molar-refractivity contribution in [2.45, 2.75) is 96.0 Å². The normalized spacial score (nSPS) is 25.3. The number of amides is 3. The average Bonchev–Trinajstić information content (AvgIpc) is 3.23. The van der Waals surface area contributed by atoms with Gasteiger partial charge in [-0.3, -0.25) is 14.8 Å². The monoisotopic (exact) mass is 616 g/mol. The van der Waals surface area contributed by atoms with E-state index in [1.807, 2.05) is 43.0 Å². The van der Waals surface area contributed by atoms with Crippen LogP contribution in [0.15, 0.2) is 36.5 Å². The molecule has 2 aromatic rings. The largest absolute Gasteiger partial charge is 0.443 e. The number of hydrogen-bond donors (Lipinski definition) is 1. The number of para-hydroxylation sites is 1. The number of anilines is 1. The van der Waals surface area contributed by atoms with Crippen LogP contribution < -0.4 is 5.32 Å². The van der Waals surface area contributed by atoms with Crippen molar-refractivity contribution in [1.82, 2.24) is 24.6 Å². The molecule has 1 aromatic carbocycles. The van der Waals surface area contributed by atoms with E-state index in [9.17, 15) is 14.4 Å². The van der Waals surface area contributed by atoms with Crippen LogP contribution in [0.4, 0.5) is 15.3 Å². The number of aldehydes is 1. The number of carbonyl (C=O) groups excluding carboxylic acids is 3. The van der Waals surface area contributed by atoms with Crippen molar-refractivity contribution in [3.63, 3.8) is 0 Å². The van der Waals surface area contributed by atoms with Gasteiger partial charge in [-0.1, -0.05) is 24.6 Å². The van der Waals surface area contributed by atoms with Crippen LogP contribution in [0.5, 0.6) is 0 Å². The molecule has 1 aromatic heterocycles. The van der Waals surface area contributed by atoms with Crippen LogP contribution in [0.25, 0.3) is 0 Å². The molecule has 0 spiro atoms. The van der Waals surface area contributed by atoms with Gasteiger partial charge in [-0.2, -0.15) is 0 Å². The third-order valence-corrected chi connectivity index (χ3v) is 10.7. The van der Waals surface area contributed by atoms with Gasteiger partial charge >= 0.3 is 12.1 Å². The van der Waals surface area contributed by atoms with Crippen molar-refractivity contribution in [2.24, 2.45) is 0 Å². The summed E-state index contributed by atoms with van der Waals surface area (Å²) in [5.74, 6) is 0. The first kappa shape index (κ1) is 31.5. The summed E-state index contributed by atoms with van der Waals surface area (Å²) in [4.78, 5) is 53.2. The predicted molar refractivity (Wildman–Crippen MR) is 173 cm³/mol. The van der Waals surface area contributed by atoms with E-state index in [0.717, 1.165) is 74.1 Å². The molecule has 10 heteroatoms. The smallest absolute Gasteiger partial charge is 0.411 e. The molecule has 0 radical (unpaired) electrons. The molecule has 45 heavy (non-hydrogen) atoms. The highest BCUT2D eigenvalue weighted by Crippen LogP contribution is 2.40. The molecule has 4 aliphatic heterocycles. The van der Waals surface area contributed by atoms with Crippen molar-refractivity contribution >= 4 is 24.1 Å². The van der Waals surface area contributed by atoms with E-state index >= 15 is 0 Å². The molecule has 0 bridgehead atoms. The highest BCUT2D eigenvalue weighted by atomic mass is 16.6. The Kier molecular flexibility index (Phi) is 9.70. The van der Waals surface area contributed by atoms with Gasteiger partial charge in [-0.25, -0.2) is 9.59 Å². The molecular formula is C35H48N6O4. The summed E-state index contributed by atoms with van der Waals surface area (Å²) in [6.07, 6.45) is 10.2. The maximum Gasteiger partial charge on any atom is 0.411 e. The molecule has 242 valence electrons. The fourth-order valence-electron chi connectivity index (χ4n) is 8.00. The van der Waals surface area contributed by atoms with Crippen molar-refractivity contribution in [3.8, 4) is 0 Å². The van der Waals surface area contributed by atoms with Crippen molar-refractivity contribution < 1.29 is 19.1 Å². The number of benzene rings is 1. The number of pyridine rings is 1. The fourth-order valence-corrected chi connectivity index (χ4v) is 8.00. The summed E-state index contributed by atoms with van der Waals surface area (Å²) in [6.45, 7) is 8.99.